The number of carbonyl (C=O) groups excluding carboxylic acids is 2. The molecule has 25 heavy (non-hydrogen) atoms. The lowest BCUT2D eigenvalue weighted by molar-refractivity contribution is -0.113. The minimum atomic E-state index is -0.462. The van der Waals surface area contributed by atoms with E-state index in [-0.39, 0.29) is 11.7 Å². The van der Waals surface area contributed by atoms with Crippen LogP contribution < -0.4 is 5.32 Å². The largest absolute Gasteiger partial charge is 0.465 e. The molecule has 0 aliphatic rings. The maximum Gasteiger partial charge on any atom is 0.337 e. The minimum absolute atomic E-state index is 0.114. The molecule has 3 aromatic rings. The van der Waals surface area contributed by atoms with Crippen LogP contribution in [-0.4, -0.2) is 29.7 Å². The van der Waals surface area contributed by atoms with Gasteiger partial charge in [0.2, 0.25) is 5.91 Å². The van der Waals surface area contributed by atoms with E-state index in [9.17, 15) is 9.59 Å². The van der Waals surface area contributed by atoms with Crippen LogP contribution in [-0.2, 0) is 9.53 Å². The Morgan fingerprint density at radius 2 is 2.12 bits per heavy atom. The molecule has 1 heterocycles. The number of methoxy groups -OCH3 is 1. The van der Waals surface area contributed by atoms with Gasteiger partial charge in [0, 0.05) is 10.7 Å². The van der Waals surface area contributed by atoms with Crippen molar-refractivity contribution in [3.05, 3.63) is 53.1 Å². The molecular formula is C17H13ClN2O4S. The number of nitrogens with one attached hydrogen (secondary N) is 1. The molecule has 0 saturated heterocycles. The van der Waals surface area contributed by atoms with E-state index in [1.165, 1.54) is 18.9 Å². The molecule has 3 rings (SSSR count). The fraction of sp³-hybridized carbons (Fsp3) is 0.118. The van der Waals surface area contributed by atoms with Crippen LogP contribution in [0.1, 0.15) is 10.4 Å². The molecule has 8 heteroatoms. The van der Waals surface area contributed by atoms with E-state index in [1.807, 2.05) is 0 Å². The first kappa shape index (κ1) is 17.3. The number of thioether (sulfide) groups is 1. The molecule has 0 fully saturated rings. The summed E-state index contributed by atoms with van der Waals surface area (Å²) in [5.41, 5.74) is 2.13. The van der Waals surface area contributed by atoms with Gasteiger partial charge in [-0.25, -0.2) is 9.78 Å². The monoisotopic (exact) mass is 376 g/mol. The molecule has 0 aliphatic heterocycles. The number of aromatic nitrogens is 1. The molecule has 1 amide bonds. The quantitative estimate of drug-likeness (QED) is 0.535. The lowest BCUT2D eigenvalue weighted by Gasteiger charge is -2.05. The van der Waals surface area contributed by atoms with Crippen molar-refractivity contribution in [1.29, 1.82) is 0 Å². The fourth-order valence-electron chi connectivity index (χ4n) is 2.11. The highest BCUT2D eigenvalue weighted by Crippen LogP contribution is 2.25. The number of fused-ring (bicyclic) bond motifs is 1. The Morgan fingerprint density at radius 1 is 1.28 bits per heavy atom. The number of carbonyl (C=O) groups is 2. The molecule has 0 spiro atoms. The van der Waals surface area contributed by atoms with Gasteiger partial charge in [0.05, 0.1) is 18.4 Å². The summed E-state index contributed by atoms with van der Waals surface area (Å²) < 4.78 is 10.2. The highest BCUT2D eigenvalue weighted by Gasteiger charge is 2.11. The number of halogens is 1. The van der Waals surface area contributed by atoms with Crippen LogP contribution in [0, 0.1) is 0 Å². The van der Waals surface area contributed by atoms with Crippen LogP contribution in [0.5, 0.6) is 0 Å². The van der Waals surface area contributed by atoms with Crippen LogP contribution in [0.4, 0.5) is 5.69 Å². The third-order valence-electron chi connectivity index (χ3n) is 3.22. The number of esters is 1. The molecule has 2 aromatic carbocycles. The molecule has 1 N–H and O–H groups in total. The average Bonchev–Trinajstić information content (AvgIpc) is 3.01. The second-order valence-corrected chi connectivity index (χ2v) is 6.36. The van der Waals surface area contributed by atoms with Crippen LogP contribution in [0.15, 0.2) is 52.1 Å². The van der Waals surface area contributed by atoms with E-state index in [0.29, 0.717) is 32.6 Å². The Hall–Kier alpha value is -2.51. The number of benzene rings is 2. The third kappa shape index (κ3) is 4.32. The molecule has 0 unspecified atom stereocenters. The molecule has 0 aliphatic carbocycles. The second kappa shape index (κ2) is 7.58. The lowest BCUT2D eigenvalue weighted by Crippen LogP contribution is -2.14. The zero-order valence-electron chi connectivity index (χ0n) is 13.1. The molecule has 0 atom stereocenters. The summed E-state index contributed by atoms with van der Waals surface area (Å²) in [5.74, 6) is -0.592. The van der Waals surface area contributed by atoms with Gasteiger partial charge in [0.25, 0.3) is 5.22 Å². The Morgan fingerprint density at radius 3 is 2.92 bits per heavy atom. The van der Waals surface area contributed by atoms with Crippen molar-refractivity contribution in [2.75, 3.05) is 18.2 Å². The van der Waals surface area contributed by atoms with Crippen molar-refractivity contribution >= 4 is 52.0 Å². The van der Waals surface area contributed by atoms with Gasteiger partial charge < -0.3 is 14.5 Å². The molecule has 0 radical (unpaired) electrons. The van der Waals surface area contributed by atoms with Crippen molar-refractivity contribution in [2.24, 2.45) is 0 Å². The first-order valence-electron chi connectivity index (χ1n) is 7.22. The summed E-state index contributed by atoms with van der Waals surface area (Å²) in [6, 6.07) is 11.7. The van der Waals surface area contributed by atoms with Crippen LogP contribution >= 0.6 is 23.4 Å². The molecule has 6 nitrogen and oxygen atoms in total. The minimum Gasteiger partial charge on any atom is -0.465 e. The Balaban J connectivity index is 1.61. The van der Waals surface area contributed by atoms with Gasteiger partial charge in [-0.3, -0.25) is 4.79 Å². The van der Waals surface area contributed by atoms with E-state index in [4.69, 9.17) is 16.0 Å². The topological polar surface area (TPSA) is 81.4 Å². The van der Waals surface area contributed by atoms with Gasteiger partial charge in [-0.15, -0.1) is 0 Å². The number of anilines is 1. The second-order valence-electron chi connectivity index (χ2n) is 5.00. The predicted molar refractivity (Wildman–Crippen MR) is 96.2 cm³/mol. The van der Waals surface area contributed by atoms with Gasteiger partial charge >= 0.3 is 5.97 Å². The van der Waals surface area contributed by atoms with Gasteiger partial charge in [0.1, 0.15) is 5.52 Å². The Labute approximate surface area is 152 Å². The first-order valence-corrected chi connectivity index (χ1v) is 8.58. The standard InChI is InChI=1S/C17H13ClN2O4S/c1-23-16(22)10-3-2-4-12(7-10)19-15(21)9-25-17-20-13-8-11(18)5-6-14(13)24-17/h2-8H,9H2,1H3,(H,19,21). The van der Waals surface area contributed by atoms with Gasteiger partial charge in [-0.2, -0.15) is 0 Å². The number of oxazole rings is 1. The van der Waals surface area contributed by atoms with Crippen LogP contribution in [0.2, 0.25) is 5.02 Å². The highest BCUT2D eigenvalue weighted by atomic mass is 35.5. The van der Waals surface area contributed by atoms with Crippen molar-refractivity contribution < 1.29 is 18.7 Å². The SMILES string of the molecule is COC(=O)c1cccc(NC(=O)CSc2nc3cc(Cl)ccc3o2)c1. The normalized spacial score (nSPS) is 10.6. The zero-order valence-corrected chi connectivity index (χ0v) is 14.7. The molecular weight excluding hydrogens is 364 g/mol. The number of amides is 1. The smallest absolute Gasteiger partial charge is 0.337 e. The molecule has 1 aromatic heterocycles. The van der Waals surface area contributed by atoms with Crippen molar-refractivity contribution in [3.8, 4) is 0 Å². The summed E-state index contributed by atoms with van der Waals surface area (Å²) in [7, 11) is 1.30. The third-order valence-corrected chi connectivity index (χ3v) is 4.29. The van der Waals surface area contributed by atoms with Gasteiger partial charge in [-0.05, 0) is 36.4 Å². The van der Waals surface area contributed by atoms with E-state index < -0.39 is 5.97 Å². The number of ether oxygens (including phenoxy) is 1. The predicted octanol–water partition coefficient (Wildman–Crippen LogP) is 4.00. The molecule has 128 valence electrons. The van der Waals surface area contributed by atoms with Crippen LogP contribution in [0.3, 0.4) is 0 Å². The van der Waals surface area contributed by atoms with E-state index >= 15 is 0 Å². The van der Waals surface area contributed by atoms with Gasteiger partial charge in [-0.1, -0.05) is 29.4 Å². The first-order chi connectivity index (χ1) is 12.0. The van der Waals surface area contributed by atoms with Crippen molar-refractivity contribution in [2.45, 2.75) is 5.22 Å². The summed E-state index contributed by atoms with van der Waals surface area (Å²) in [4.78, 5) is 27.8. The summed E-state index contributed by atoms with van der Waals surface area (Å²) in [6.07, 6.45) is 0. The molecule has 0 saturated carbocycles. The van der Waals surface area contributed by atoms with E-state index in [0.717, 1.165) is 0 Å². The maximum absolute atomic E-state index is 12.1. The average molecular weight is 377 g/mol. The van der Waals surface area contributed by atoms with Crippen molar-refractivity contribution in [3.63, 3.8) is 0 Å². The summed E-state index contributed by atoms with van der Waals surface area (Å²) in [6.45, 7) is 0. The van der Waals surface area contributed by atoms with Crippen LogP contribution in [0.25, 0.3) is 11.1 Å². The fourth-order valence-corrected chi connectivity index (χ4v) is 2.91. The summed E-state index contributed by atoms with van der Waals surface area (Å²) >= 11 is 7.08. The Kier molecular flexibility index (Phi) is 5.25. The van der Waals surface area contributed by atoms with E-state index in [1.54, 1.807) is 42.5 Å². The highest BCUT2D eigenvalue weighted by molar-refractivity contribution is 7.99. The van der Waals surface area contributed by atoms with Gasteiger partial charge in [0.15, 0.2) is 5.58 Å². The maximum atomic E-state index is 12.1. The molecule has 0 bridgehead atoms. The van der Waals surface area contributed by atoms with E-state index in [2.05, 4.69) is 15.0 Å². The Bertz CT molecular complexity index is 941. The van der Waals surface area contributed by atoms with Crippen molar-refractivity contribution in [1.82, 2.24) is 4.98 Å². The summed E-state index contributed by atoms with van der Waals surface area (Å²) in [5, 5.41) is 3.67. The lowest BCUT2D eigenvalue weighted by atomic mass is 10.2. The zero-order chi connectivity index (χ0) is 17.8. The number of hydrogen-bond donors (Lipinski definition) is 1. The number of nitrogens with zero attached hydrogens (tertiary/aromatic N) is 1. The number of rotatable bonds is 5. The number of hydrogen-bond acceptors (Lipinski definition) is 6.